The number of nitrogens with zero attached hydrogens (tertiary/aromatic N) is 1. The SMILES string of the molecule is CNC(=O)c1cccc(NC(=O)CN(C)Cc2cccc(F)c2)c1. The molecule has 0 spiro atoms. The van der Waals surface area contributed by atoms with Crippen molar-refractivity contribution in [2.45, 2.75) is 6.54 Å². The molecule has 0 aliphatic rings. The van der Waals surface area contributed by atoms with Crippen molar-refractivity contribution in [2.75, 3.05) is 26.0 Å². The zero-order chi connectivity index (χ0) is 17.5. The Bertz CT molecular complexity index is 734. The highest BCUT2D eigenvalue weighted by Crippen LogP contribution is 2.11. The summed E-state index contributed by atoms with van der Waals surface area (Å²) in [5.74, 6) is -0.714. The van der Waals surface area contributed by atoms with E-state index in [1.54, 1.807) is 49.3 Å². The molecule has 126 valence electrons. The zero-order valence-electron chi connectivity index (χ0n) is 13.7. The fourth-order valence-electron chi connectivity index (χ4n) is 2.33. The van der Waals surface area contributed by atoms with E-state index < -0.39 is 0 Å². The predicted molar refractivity (Wildman–Crippen MR) is 91.2 cm³/mol. The third-order valence-electron chi connectivity index (χ3n) is 3.39. The van der Waals surface area contributed by atoms with Gasteiger partial charge in [0.25, 0.3) is 5.91 Å². The lowest BCUT2D eigenvalue weighted by Gasteiger charge is -2.16. The monoisotopic (exact) mass is 329 g/mol. The predicted octanol–water partition coefficient (Wildman–Crippen LogP) is 2.26. The number of halogens is 1. The van der Waals surface area contributed by atoms with E-state index in [1.807, 2.05) is 6.07 Å². The lowest BCUT2D eigenvalue weighted by molar-refractivity contribution is -0.117. The van der Waals surface area contributed by atoms with E-state index in [1.165, 1.54) is 12.1 Å². The van der Waals surface area contributed by atoms with Crippen molar-refractivity contribution in [2.24, 2.45) is 0 Å². The number of hydrogen-bond donors (Lipinski definition) is 2. The standard InChI is InChI=1S/C18H20FN3O2/c1-20-18(24)14-6-4-8-16(10-14)21-17(23)12-22(2)11-13-5-3-7-15(19)9-13/h3-10H,11-12H2,1-2H3,(H,20,24)(H,21,23). The fraction of sp³-hybridized carbons (Fsp3) is 0.222. The molecule has 0 unspecified atom stereocenters. The van der Waals surface area contributed by atoms with Gasteiger partial charge in [0.05, 0.1) is 6.54 Å². The molecule has 2 N–H and O–H groups in total. The summed E-state index contributed by atoms with van der Waals surface area (Å²) in [6.45, 7) is 0.615. The summed E-state index contributed by atoms with van der Waals surface area (Å²) >= 11 is 0. The van der Waals surface area contributed by atoms with Crippen LogP contribution in [0.1, 0.15) is 15.9 Å². The Kier molecular flexibility index (Phi) is 6.03. The van der Waals surface area contributed by atoms with Gasteiger partial charge in [-0.15, -0.1) is 0 Å². The molecule has 0 saturated heterocycles. The second kappa shape index (κ2) is 8.21. The first-order chi connectivity index (χ1) is 11.5. The molecule has 0 aliphatic heterocycles. The van der Waals surface area contributed by atoms with Gasteiger partial charge in [0.2, 0.25) is 5.91 Å². The highest BCUT2D eigenvalue weighted by Gasteiger charge is 2.09. The maximum Gasteiger partial charge on any atom is 0.251 e. The zero-order valence-corrected chi connectivity index (χ0v) is 13.7. The molecule has 2 amide bonds. The van der Waals surface area contributed by atoms with E-state index in [4.69, 9.17) is 0 Å². The fourth-order valence-corrected chi connectivity index (χ4v) is 2.33. The van der Waals surface area contributed by atoms with E-state index in [9.17, 15) is 14.0 Å². The number of likely N-dealkylation sites (N-methyl/N-ethyl adjacent to an activating group) is 1. The van der Waals surface area contributed by atoms with Crippen molar-refractivity contribution in [3.8, 4) is 0 Å². The van der Waals surface area contributed by atoms with Gasteiger partial charge in [0, 0.05) is 24.8 Å². The van der Waals surface area contributed by atoms with Crippen LogP contribution in [-0.4, -0.2) is 37.4 Å². The average molecular weight is 329 g/mol. The molecular weight excluding hydrogens is 309 g/mol. The van der Waals surface area contributed by atoms with Crippen LogP contribution in [0.3, 0.4) is 0 Å². The van der Waals surface area contributed by atoms with Crippen LogP contribution in [-0.2, 0) is 11.3 Å². The molecule has 0 fully saturated rings. The van der Waals surface area contributed by atoms with Crippen LogP contribution in [0.25, 0.3) is 0 Å². The van der Waals surface area contributed by atoms with Gasteiger partial charge in [-0.1, -0.05) is 18.2 Å². The summed E-state index contributed by atoms with van der Waals surface area (Å²) in [6, 6.07) is 13.0. The Labute approximate surface area is 140 Å². The van der Waals surface area contributed by atoms with Crippen molar-refractivity contribution in [3.63, 3.8) is 0 Å². The second-order valence-corrected chi connectivity index (χ2v) is 5.51. The Morgan fingerprint density at radius 2 is 1.88 bits per heavy atom. The largest absolute Gasteiger partial charge is 0.355 e. The van der Waals surface area contributed by atoms with Gasteiger partial charge in [-0.25, -0.2) is 4.39 Å². The first-order valence-corrected chi connectivity index (χ1v) is 7.53. The molecule has 0 atom stereocenters. The van der Waals surface area contributed by atoms with Crippen LogP contribution >= 0.6 is 0 Å². The average Bonchev–Trinajstić information content (AvgIpc) is 2.54. The molecule has 2 aromatic carbocycles. The number of carbonyl (C=O) groups is 2. The number of benzene rings is 2. The lowest BCUT2D eigenvalue weighted by atomic mass is 10.2. The van der Waals surface area contributed by atoms with Gasteiger partial charge in [-0.2, -0.15) is 0 Å². The topological polar surface area (TPSA) is 61.4 Å². The maximum atomic E-state index is 13.2. The highest BCUT2D eigenvalue weighted by atomic mass is 19.1. The molecule has 24 heavy (non-hydrogen) atoms. The third-order valence-corrected chi connectivity index (χ3v) is 3.39. The summed E-state index contributed by atoms with van der Waals surface area (Å²) in [5, 5.41) is 5.29. The van der Waals surface area contributed by atoms with Gasteiger partial charge < -0.3 is 10.6 Å². The summed E-state index contributed by atoms with van der Waals surface area (Å²) in [6.07, 6.45) is 0. The van der Waals surface area contributed by atoms with E-state index in [0.29, 0.717) is 17.8 Å². The second-order valence-electron chi connectivity index (χ2n) is 5.51. The normalized spacial score (nSPS) is 10.5. The minimum Gasteiger partial charge on any atom is -0.355 e. The molecule has 2 rings (SSSR count). The first kappa shape index (κ1) is 17.6. The van der Waals surface area contributed by atoms with Crippen LogP contribution in [0, 0.1) is 5.82 Å². The van der Waals surface area contributed by atoms with Gasteiger partial charge in [0.15, 0.2) is 0 Å². The molecule has 0 bridgehead atoms. The number of amides is 2. The van der Waals surface area contributed by atoms with E-state index in [2.05, 4.69) is 10.6 Å². The Balaban J connectivity index is 1.92. The number of rotatable bonds is 6. The van der Waals surface area contributed by atoms with Crippen molar-refractivity contribution < 1.29 is 14.0 Å². The lowest BCUT2D eigenvalue weighted by Crippen LogP contribution is -2.30. The van der Waals surface area contributed by atoms with Crippen LogP contribution in [0.4, 0.5) is 10.1 Å². The first-order valence-electron chi connectivity index (χ1n) is 7.53. The van der Waals surface area contributed by atoms with Crippen LogP contribution in [0.2, 0.25) is 0 Å². The van der Waals surface area contributed by atoms with Crippen LogP contribution in [0.5, 0.6) is 0 Å². The number of nitrogens with one attached hydrogen (secondary N) is 2. The van der Waals surface area contributed by atoms with Crippen LogP contribution in [0.15, 0.2) is 48.5 Å². The number of hydrogen-bond acceptors (Lipinski definition) is 3. The van der Waals surface area contributed by atoms with E-state index in [-0.39, 0.29) is 24.2 Å². The van der Waals surface area contributed by atoms with Gasteiger partial charge >= 0.3 is 0 Å². The Hall–Kier alpha value is -2.73. The smallest absolute Gasteiger partial charge is 0.251 e. The molecule has 6 heteroatoms. The molecule has 0 aliphatic carbocycles. The van der Waals surface area contributed by atoms with Crippen molar-refractivity contribution in [3.05, 3.63) is 65.5 Å². The van der Waals surface area contributed by atoms with E-state index in [0.717, 1.165) is 5.56 Å². The van der Waals surface area contributed by atoms with Crippen molar-refractivity contribution >= 4 is 17.5 Å². The summed E-state index contributed by atoms with van der Waals surface area (Å²) in [5.41, 5.74) is 1.83. The van der Waals surface area contributed by atoms with Gasteiger partial charge in [0.1, 0.15) is 5.82 Å². The van der Waals surface area contributed by atoms with Crippen molar-refractivity contribution in [1.29, 1.82) is 0 Å². The van der Waals surface area contributed by atoms with Gasteiger partial charge in [-0.05, 0) is 42.9 Å². The minimum absolute atomic E-state index is 0.153. The van der Waals surface area contributed by atoms with Crippen molar-refractivity contribution in [1.82, 2.24) is 10.2 Å². The molecule has 0 heterocycles. The highest BCUT2D eigenvalue weighted by molar-refractivity contribution is 5.97. The minimum atomic E-state index is -0.295. The number of anilines is 1. The van der Waals surface area contributed by atoms with Crippen LogP contribution < -0.4 is 10.6 Å². The Morgan fingerprint density at radius 3 is 2.58 bits per heavy atom. The molecule has 5 nitrogen and oxygen atoms in total. The number of carbonyl (C=O) groups excluding carboxylic acids is 2. The molecule has 0 aromatic heterocycles. The molecule has 0 saturated carbocycles. The molecular formula is C18H20FN3O2. The van der Waals surface area contributed by atoms with E-state index >= 15 is 0 Å². The molecule has 0 radical (unpaired) electrons. The molecule has 2 aromatic rings. The maximum absolute atomic E-state index is 13.2. The Morgan fingerprint density at radius 1 is 1.12 bits per heavy atom. The quantitative estimate of drug-likeness (QED) is 0.854. The third kappa shape index (κ3) is 5.17. The van der Waals surface area contributed by atoms with Gasteiger partial charge in [-0.3, -0.25) is 14.5 Å². The summed E-state index contributed by atoms with van der Waals surface area (Å²) in [7, 11) is 3.33. The summed E-state index contributed by atoms with van der Waals surface area (Å²) < 4.78 is 13.2. The summed E-state index contributed by atoms with van der Waals surface area (Å²) in [4.78, 5) is 25.5.